The molecule has 1 unspecified atom stereocenters. The zero-order valence-electron chi connectivity index (χ0n) is 9.84. The third-order valence-corrected chi connectivity index (χ3v) is 3.34. The summed E-state index contributed by atoms with van der Waals surface area (Å²) in [5.74, 6) is 1.02. The van der Waals surface area contributed by atoms with Crippen molar-refractivity contribution in [2.75, 3.05) is 13.2 Å². The van der Waals surface area contributed by atoms with Crippen LogP contribution in [0, 0.1) is 0 Å². The van der Waals surface area contributed by atoms with E-state index in [1.165, 1.54) is 12.8 Å². The van der Waals surface area contributed by atoms with Gasteiger partial charge in [0.2, 0.25) is 0 Å². The Hall–Kier alpha value is -0.940. The summed E-state index contributed by atoms with van der Waals surface area (Å²) in [5, 5.41) is 16.9. The largest absolute Gasteiger partial charge is 0.396 e. The molecule has 0 bridgehead atoms. The molecular weight excluding hydrogens is 204 g/mol. The number of aliphatic hydroxyl groups excluding tert-OH is 1. The molecule has 1 fully saturated rings. The minimum Gasteiger partial charge on any atom is -0.396 e. The first kappa shape index (κ1) is 11.5. The van der Waals surface area contributed by atoms with E-state index < -0.39 is 0 Å². The van der Waals surface area contributed by atoms with Crippen molar-refractivity contribution in [2.45, 2.75) is 38.3 Å². The number of hydrogen-bond donors (Lipinski definition) is 1. The van der Waals surface area contributed by atoms with Gasteiger partial charge in [0, 0.05) is 19.7 Å². The lowest BCUT2D eigenvalue weighted by atomic mass is 10.1. The Kier molecular flexibility index (Phi) is 3.90. The first-order chi connectivity index (χ1) is 7.81. The molecule has 0 radical (unpaired) electrons. The van der Waals surface area contributed by atoms with Crippen LogP contribution in [0.2, 0.25) is 0 Å². The molecule has 0 spiro atoms. The monoisotopic (exact) mass is 224 g/mol. The maximum atomic E-state index is 8.87. The van der Waals surface area contributed by atoms with E-state index in [1.807, 2.05) is 11.6 Å². The predicted octanol–water partition coefficient (Wildman–Crippen LogP) is 0.552. The summed E-state index contributed by atoms with van der Waals surface area (Å²) in [6, 6.07) is 0.615. The summed E-state index contributed by atoms with van der Waals surface area (Å²) in [7, 11) is 1.98. The van der Waals surface area contributed by atoms with Crippen molar-refractivity contribution < 1.29 is 5.11 Å². The second kappa shape index (κ2) is 5.41. The fourth-order valence-electron chi connectivity index (χ4n) is 2.39. The van der Waals surface area contributed by atoms with Crippen LogP contribution in [-0.4, -0.2) is 44.0 Å². The quantitative estimate of drug-likeness (QED) is 0.793. The molecule has 16 heavy (non-hydrogen) atoms. The molecule has 1 aliphatic rings. The van der Waals surface area contributed by atoms with Crippen molar-refractivity contribution in [1.82, 2.24) is 19.7 Å². The van der Waals surface area contributed by atoms with Gasteiger partial charge in [-0.25, -0.2) is 0 Å². The SMILES string of the molecule is Cn1cnnc1CN1CCCC1CCCO. The highest BCUT2D eigenvalue weighted by Crippen LogP contribution is 2.22. The smallest absolute Gasteiger partial charge is 0.146 e. The van der Waals surface area contributed by atoms with Crippen LogP contribution in [0.5, 0.6) is 0 Å². The van der Waals surface area contributed by atoms with E-state index in [0.717, 1.165) is 31.8 Å². The van der Waals surface area contributed by atoms with Gasteiger partial charge in [-0.2, -0.15) is 0 Å². The van der Waals surface area contributed by atoms with Gasteiger partial charge in [-0.05, 0) is 32.2 Å². The number of aliphatic hydroxyl groups is 1. The molecule has 1 aromatic rings. The maximum absolute atomic E-state index is 8.87. The summed E-state index contributed by atoms with van der Waals surface area (Å²) in [4.78, 5) is 2.46. The Bertz CT molecular complexity index is 326. The van der Waals surface area contributed by atoms with Crippen molar-refractivity contribution in [3.05, 3.63) is 12.2 Å². The molecule has 2 rings (SSSR count). The van der Waals surface area contributed by atoms with E-state index in [1.54, 1.807) is 6.33 Å². The van der Waals surface area contributed by atoms with Crippen molar-refractivity contribution in [3.8, 4) is 0 Å². The number of rotatable bonds is 5. The topological polar surface area (TPSA) is 54.2 Å². The van der Waals surface area contributed by atoms with E-state index in [0.29, 0.717) is 12.6 Å². The summed E-state index contributed by atoms with van der Waals surface area (Å²) in [5.41, 5.74) is 0. The fourth-order valence-corrected chi connectivity index (χ4v) is 2.39. The Morgan fingerprint density at radius 2 is 2.44 bits per heavy atom. The standard InChI is InChI=1S/C11H20N4O/c1-14-9-12-13-11(14)8-15-6-2-4-10(15)5-3-7-16/h9-10,16H,2-8H2,1H3. The molecule has 0 aromatic carbocycles. The summed E-state index contributed by atoms with van der Waals surface area (Å²) in [6.45, 7) is 2.32. The molecule has 0 aliphatic carbocycles. The van der Waals surface area contributed by atoms with Gasteiger partial charge < -0.3 is 9.67 Å². The number of likely N-dealkylation sites (tertiary alicyclic amines) is 1. The van der Waals surface area contributed by atoms with Gasteiger partial charge >= 0.3 is 0 Å². The van der Waals surface area contributed by atoms with Crippen LogP contribution < -0.4 is 0 Å². The number of aryl methyl sites for hydroxylation is 1. The molecule has 2 heterocycles. The Morgan fingerprint density at radius 1 is 1.56 bits per heavy atom. The third-order valence-electron chi connectivity index (χ3n) is 3.34. The van der Waals surface area contributed by atoms with Gasteiger partial charge in [0.25, 0.3) is 0 Å². The highest BCUT2D eigenvalue weighted by Gasteiger charge is 2.24. The first-order valence-electron chi connectivity index (χ1n) is 5.99. The van der Waals surface area contributed by atoms with Gasteiger partial charge in [-0.3, -0.25) is 4.90 Å². The van der Waals surface area contributed by atoms with Crippen molar-refractivity contribution in [2.24, 2.45) is 7.05 Å². The number of hydrogen-bond acceptors (Lipinski definition) is 4. The van der Waals surface area contributed by atoms with E-state index in [4.69, 9.17) is 5.11 Å². The third kappa shape index (κ3) is 2.59. The lowest BCUT2D eigenvalue weighted by Gasteiger charge is -2.23. The summed E-state index contributed by atoms with van der Waals surface area (Å²) in [6.07, 6.45) is 6.24. The normalized spacial score (nSPS) is 21.8. The van der Waals surface area contributed by atoms with Crippen molar-refractivity contribution in [3.63, 3.8) is 0 Å². The van der Waals surface area contributed by atoms with Crippen LogP contribution in [0.25, 0.3) is 0 Å². The number of aromatic nitrogens is 3. The second-order valence-electron chi connectivity index (χ2n) is 4.49. The minimum atomic E-state index is 0.300. The van der Waals surface area contributed by atoms with Gasteiger partial charge in [0.05, 0.1) is 6.54 Å². The molecule has 1 N–H and O–H groups in total. The second-order valence-corrected chi connectivity index (χ2v) is 4.49. The zero-order chi connectivity index (χ0) is 11.4. The average molecular weight is 224 g/mol. The molecule has 1 saturated heterocycles. The van der Waals surface area contributed by atoms with E-state index in [-0.39, 0.29) is 0 Å². The fraction of sp³-hybridized carbons (Fsp3) is 0.818. The summed E-state index contributed by atoms with van der Waals surface area (Å²) < 4.78 is 1.97. The van der Waals surface area contributed by atoms with Crippen molar-refractivity contribution >= 4 is 0 Å². The van der Waals surface area contributed by atoms with Gasteiger partial charge in [-0.1, -0.05) is 0 Å². The molecule has 0 amide bonds. The van der Waals surface area contributed by atoms with Crippen LogP contribution in [0.1, 0.15) is 31.5 Å². The van der Waals surface area contributed by atoms with Crippen LogP contribution in [0.15, 0.2) is 6.33 Å². The van der Waals surface area contributed by atoms with Crippen LogP contribution in [0.3, 0.4) is 0 Å². The van der Waals surface area contributed by atoms with Crippen LogP contribution >= 0.6 is 0 Å². The van der Waals surface area contributed by atoms with Gasteiger partial charge in [-0.15, -0.1) is 10.2 Å². The van der Waals surface area contributed by atoms with Crippen LogP contribution in [0.4, 0.5) is 0 Å². The van der Waals surface area contributed by atoms with Crippen LogP contribution in [-0.2, 0) is 13.6 Å². The molecule has 1 aliphatic heterocycles. The number of nitrogens with zero attached hydrogens (tertiary/aromatic N) is 4. The van der Waals surface area contributed by atoms with E-state index >= 15 is 0 Å². The van der Waals surface area contributed by atoms with Gasteiger partial charge in [0.1, 0.15) is 12.2 Å². The molecule has 90 valence electrons. The Morgan fingerprint density at radius 3 is 3.12 bits per heavy atom. The first-order valence-corrected chi connectivity index (χ1v) is 5.99. The molecular formula is C11H20N4O. The van der Waals surface area contributed by atoms with E-state index in [9.17, 15) is 0 Å². The highest BCUT2D eigenvalue weighted by atomic mass is 16.2. The molecule has 5 nitrogen and oxygen atoms in total. The summed E-state index contributed by atoms with van der Waals surface area (Å²) >= 11 is 0. The average Bonchev–Trinajstić information content (AvgIpc) is 2.87. The Balaban J connectivity index is 1.91. The van der Waals surface area contributed by atoms with Crippen molar-refractivity contribution in [1.29, 1.82) is 0 Å². The predicted molar refractivity (Wildman–Crippen MR) is 60.8 cm³/mol. The lowest BCUT2D eigenvalue weighted by molar-refractivity contribution is 0.205. The lowest BCUT2D eigenvalue weighted by Crippen LogP contribution is -2.30. The minimum absolute atomic E-state index is 0.300. The highest BCUT2D eigenvalue weighted by molar-refractivity contribution is 4.88. The molecule has 1 aromatic heterocycles. The molecule has 5 heteroatoms. The molecule has 0 saturated carbocycles. The van der Waals surface area contributed by atoms with E-state index in [2.05, 4.69) is 15.1 Å². The molecule has 1 atom stereocenters. The zero-order valence-corrected chi connectivity index (χ0v) is 9.84. The Labute approximate surface area is 96.1 Å². The maximum Gasteiger partial charge on any atom is 0.146 e. The van der Waals surface area contributed by atoms with Gasteiger partial charge in [0.15, 0.2) is 0 Å².